The number of methoxy groups -OCH3 is 3. The molecule has 1 saturated heterocycles. The zero-order valence-corrected chi connectivity index (χ0v) is 21.1. The van der Waals surface area contributed by atoms with Crippen molar-refractivity contribution >= 4 is 5.97 Å². The van der Waals surface area contributed by atoms with Crippen LogP contribution in [0.2, 0.25) is 0 Å². The first-order valence-electron chi connectivity index (χ1n) is 11.7. The van der Waals surface area contributed by atoms with Gasteiger partial charge in [-0.15, -0.1) is 0 Å². The Kier molecular flexibility index (Phi) is 8.58. The van der Waals surface area contributed by atoms with Crippen LogP contribution in [0.4, 0.5) is 0 Å². The van der Waals surface area contributed by atoms with Gasteiger partial charge in [0.05, 0.1) is 21.3 Å². The summed E-state index contributed by atoms with van der Waals surface area (Å²) in [5.41, 5.74) is 0. The van der Waals surface area contributed by atoms with Gasteiger partial charge in [0.1, 0.15) is 12.7 Å². The lowest BCUT2D eigenvalue weighted by Crippen LogP contribution is -2.44. The van der Waals surface area contributed by atoms with Crippen molar-refractivity contribution in [3.8, 4) is 34.5 Å². The zero-order chi connectivity index (χ0) is 26.2. The van der Waals surface area contributed by atoms with Crippen LogP contribution >= 0.6 is 0 Å². The molecule has 37 heavy (non-hydrogen) atoms. The maximum Gasteiger partial charge on any atom is 0.305 e. The van der Waals surface area contributed by atoms with Gasteiger partial charge in [-0.25, -0.2) is 0 Å². The summed E-state index contributed by atoms with van der Waals surface area (Å²) in [7, 11) is 4.67. The Morgan fingerprint density at radius 1 is 0.676 bits per heavy atom. The van der Waals surface area contributed by atoms with Gasteiger partial charge in [-0.3, -0.25) is 4.79 Å². The molecular weight excluding hydrogens is 480 g/mol. The standard InChI is InChI=1S/C28H30O9/c1-18(29)34-28-27(36-24-16-10-7-13-21(24)32-4)26(35-23-15-9-6-12-20(23)31-3)25(37-28)17-33-22-14-8-5-11-19(22)30-2/h5-16,25-28H,17H2,1-4H3/t25-,26-,27-,28+/m1/s1. The molecule has 0 bridgehead atoms. The first-order valence-corrected chi connectivity index (χ1v) is 11.7. The minimum absolute atomic E-state index is 0.0593. The van der Waals surface area contributed by atoms with Crippen LogP contribution in [0.15, 0.2) is 72.8 Å². The predicted octanol–water partition coefficient (Wildman–Crippen LogP) is 4.27. The predicted molar refractivity (Wildman–Crippen MR) is 134 cm³/mol. The molecule has 0 saturated carbocycles. The fourth-order valence-electron chi connectivity index (χ4n) is 3.99. The van der Waals surface area contributed by atoms with E-state index >= 15 is 0 Å². The number of benzene rings is 3. The molecule has 4 rings (SSSR count). The highest BCUT2D eigenvalue weighted by Gasteiger charge is 2.51. The Morgan fingerprint density at radius 3 is 1.59 bits per heavy atom. The summed E-state index contributed by atoms with van der Waals surface area (Å²) in [5.74, 6) is 2.52. The van der Waals surface area contributed by atoms with E-state index in [0.29, 0.717) is 34.5 Å². The van der Waals surface area contributed by atoms with Gasteiger partial charge >= 0.3 is 5.97 Å². The molecular formula is C28H30O9. The van der Waals surface area contributed by atoms with Crippen LogP contribution in [0.25, 0.3) is 0 Å². The average Bonchev–Trinajstić information content (AvgIpc) is 3.22. The van der Waals surface area contributed by atoms with Crippen LogP contribution in [0.3, 0.4) is 0 Å². The molecule has 0 N–H and O–H groups in total. The fraction of sp³-hybridized carbons (Fsp3) is 0.321. The van der Waals surface area contributed by atoms with Crippen LogP contribution in [0.1, 0.15) is 6.92 Å². The van der Waals surface area contributed by atoms with Crippen molar-refractivity contribution in [2.24, 2.45) is 0 Å². The van der Waals surface area contributed by atoms with Crippen molar-refractivity contribution in [2.75, 3.05) is 27.9 Å². The van der Waals surface area contributed by atoms with Crippen molar-refractivity contribution in [1.82, 2.24) is 0 Å². The molecule has 9 heteroatoms. The number of ether oxygens (including phenoxy) is 8. The van der Waals surface area contributed by atoms with Gasteiger partial charge < -0.3 is 37.9 Å². The first-order chi connectivity index (χ1) is 18.0. The molecule has 0 unspecified atom stereocenters. The van der Waals surface area contributed by atoms with Crippen molar-refractivity contribution in [2.45, 2.75) is 31.5 Å². The molecule has 0 amide bonds. The van der Waals surface area contributed by atoms with E-state index in [-0.39, 0.29) is 6.61 Å². The van der Waals surface area contributed by atoms with Crippen molar-refractivity contribution in [3.05, 3.63) is 72.8 Å². The third-order valence-corrected chi connectivity index (χ3v) is 5.69. The normalized spacial score (nSPS) is 20.5. The van der Waals surface area contributed by atoms with E-state index in [0.717, 1.165) is 0 Å². The molecule has 3 aromatic carbocycles. The van der Waals surface area contributed by atoms with E-state index in [1.807, 2.05) is 36.4 Å². The summed E-state index contributed by atoms with van der Waals surface area (Å²) < 4.78 is 46.7. The van der Waals surface area contributed by atoms with E-state index in [9.17, 15) is 4.79 Å². The van der Waals surface area contributed by atoms with Gasteiger partial charge in [-0.2, -0.15) is 0 Å². The second kappa shape index (κ2) is 12.2. The highest BCUT2D eigenvalue weighted by molar-refractivity contribution is 5.66. The summed E-state index contributed by atoms with van der Waals surface area (Å²) in [6.07, 6.45) is -3.40. The van der Waals surface area contributed by atoms with Gasteiger partial charge in [-0.1, -0.05) is 36.4 Å². The molecule has 1 aliphatic rings. The van der Waals surface area contributed by atoms with Crippen molar-refractivity contribution in [1.29, 1.82) is 0 Å². The lowest BCUT2D eigenvalue weighted by atomic mass is 10.1. The smallest absolute Gasteiger partial charge is 0.305 e. The van der Waals surface area contributed by atoms with Gasteiger partial charge in [-0.05, 0) is 36.4 Å². The molecule has 0 aliphatic carbocycles. The van der Waals surface area contributed by atoms with Crippen LogP contribution < -0.4 is 28.4 Å². The van der Waals surface area contributed by atoms with E-state index in [1.54, 1.807) is 57.7 Å². The fourth-order valence-corrected chi connectivity index (χ4v) is 3.99. The topological polar surface area (TPSA) is 90.9 Å². The Morgan fingerprint density at radius 2 is 1.11 bits per heavy atom. The summed E-state index contributed by atoms with van der Waals surface area (Å²) in [4.78, 5) is 12.0. The van der Waals surface area contributed by atoms with E-state index < -0.39 is 30.6 Å². The number of rotatable bonds is 11. The molecule has 1 aliphatic heterocycles. The van der Waals surface area contributed by atoms with Gasteiger partial charge in [0.25, 0.3) is 0 Å². The molecule has 196 valence electrons. The molecule has 0 spiro atoms. The summed E-state index contributed by atoms with van der Waals surface area (Å²) in [6, 6.07) is 21.6. The number of para-hydroxylation sites is 6. The third kappa shape index (κ3) is 6.18. The molecule has 1 fully saturated rings. The molecule has 0 aromatic heterocycles. The summed E-state index contributed by atoms with van der Waals surface area (Å²) >= 11 is 0. The Hall–Kier alpha value is -4.11. The van der Waals surface area contributed by atoms with E-state index in [1.165, 1.54) is 6.92 Å². The number of esters is 1. The SMILES string of the molecule is COc1ccccc1OC[C@H]1O[C@H](OC(C)=O)[C@H](Oc2ccccc2OC)[C@@H]1Oc1ccccc1OC. The summed E-state index contributed by atoms with van der Waals surface area (Å²) in [5, 5.41) is 0. The first kappa shape index (κ1) is 26.0. The van der Waals surface area contributed by atoms with E-state index in [2.05, 4.69) is 0 Å². The van der Waals surface area contributed by atoms with Crippen LogP contribution in [-0.2, 0) is 14.3 Å². The van der Waals surface area contributed by atoms with Gasteiger partial charge in [0.15, 0.2) is 40.6 Å². The molecule has 9 nitrogen and oxygen atoms in total. The number of hydrogen-bond donors (Lipinski definition) is 0. The lowest BCUT2D eigenvalue weighted by molar-refractivity contribution is -0.184. The third-order valence-electron chi connectivity index (χ3n) is 5.69. The lowest BCUT2D eigenvalue weighted by Gasteiger charge is -2.26. The maximum atomic E-state index is 12.0. The Balaban J connectivity index is 1.67. The number of carbonyl (C=O) groups excluding carboxylic acids is 1. The minimum atomic E-state index is -1.08. The minimum Gasteiger partial charge on any atom is -0.493 e. The number of carbonyl (C=O) groups is 1. The monoisotopic (exact) mass is 510 g/mol. The Labute approximate surface area is 215 Å². The number of hydrogen-bond acceptors (Lipinski definition) is 9. The highest BCUT2D eigenvalue weighted by atomic mass is 16.7. The van der Waals surface area contributed by atoms with E-state index in [4.69, 9.17) is 37.9 Å². The van der Waals surface area contributed by atoms with Crippen molar-refractivity contribution in [3.63, 3.8) is 0 Å². The average molecular weight is 511 g/mol. The second-order valence-electron chi connectivity index (χ2n) is 8.08. The van der Waals surface area contributed by atoms with Crippen LogP contribution in [0.5, 0.6) is 34.5 Å². The van der Waals surface area contributed by atoms with Crippen LogP contribution in [0, 0.1) is 0 Å². The maximum absolute atomic E-state index is 12.0. The van der Waals surface area contributed by atoms with Crippen LogP contribution in [-0.4, -0.2) is 58.5 Å². The molecule has 3 aromatic rings. The Bertz CT molecular complexity index is 1180. The highest BCUT2D eigenvalue weighted by Crippen LogP contribution is 2.37. The largest absolute Gasteiger partial charge is 0.493 e. The van der Waals surface area contributed by atoms with Gasteiger partial charge in [0.2, 0.25) is 12.4 Å². The molecule has 0 radical (unpaired) electrons. The zero-order valence-electron chi connectivity index (χ0n) is 21.1. The van der Waals surface area contributed by atoms with Crippen molar-refractivity contribution < 1.29 is 42.7 Å². The quantitative estimate of drug-likeness (QED) is 0.351. The molecule has 4 atom stereocenters. The second-order valence-corrected chi connectivity index (χ2v) is 8.08. The summed E-state index contributed by atoms with van der Waals surface area (Å²) in [6.45, 7) is 1.36. The van der Waals surface area contributed by atoms with Gasteiger partial charge in [0, 0.05) is 6.92 Å². The molecule has 1 heterocycles.